The van der Waals surface area contributed by atoms with Gasteiger partial charge in [-0.1, -0.05) is 101 Å². The molecule has 5 aromatic heterocycles. The summed E-state index contributed by atoms with van der Waals surface area (Å²) < 4.78 is 13.8. The average molecular weight is 909 g/mol. The molecule has 1 aliphatic heterocycles. The lowest BCUT2D eigenvalue weighted by atomic mass is 9.87. The zero-order chi connectivity index (χ0) is 48.5. The van der Waals surface area contributed by atoms with Gasteiger partial charge in [0.1, 0.15) is 23.4 Å². The monoisotopic (exact) mass is 908 g/mol. The molecular weight excluding hydrogens is 849 g/mol. The lowest BCUT2D eigenvalue weighted by molar-refractivity contribution is 0.436. The predicted molar refractivity (Wildman–Crippen MR) is 286 cm³/mol. The Labute approximate surface area is 404 Å². The number of hydrogen-bond donors (Lipinski definition) is 3. The molecule has 8 heteroatoms. The number of aromatic nitrogens is 6. The van der Waals surface area contributed by atoms with Gasteiger partial charge in [0.05, 0.1) is 22.4 Å². The summed E-state index contributed by atoms with van der Waals surface area (Å²) in [5, 5.41) is 0. The van der Waals surface area contributed by atoms with Gasteiger partial charge in [-0.15, -0.1) is 0 Å². The summed E-state index contributed by atoms with van der Waals surface area (Å²) in [6, 6.07) is 38.4. The van der Waals surface area contributed by atoms with Crippen LogP contribution in [0.25, 0.3) is 78.6 Å². The van der Waals surface area contributed by atoms with E-state index in [0.717, 1.165) is 66.6 Å². The second-order valence-electron chi connectivity index (χ2n) is 20.9. The van der Waals surface area contributed by atoms with Crippen LogP contribution in [0.2, 0.25) is 0 Å². The molecule has 9 aromatic rings. The van der Waals surface area contributed by atoms with Crippen LogP contribution in [0.3, 0.4) is 0 Å². The number of nitrogens with one attached hydrogen (secondary N) is 3. The molecule has 8 bridgehead atoms. The molecule has 1 aliphatic rings. The summed E-state index contributed by atoms with van der Waals surface area (Å²) in [5.41, 5.74) is 22.2. The van der Waals surface area contributed by atoms with Gasteiger partial charge in [0, 0.05) is 38.8 Å². The first kappa shape index (κ1) is 45.1. The number of hydrogen-bond acceptors (Lipinski definition) is 5. The van der Waals surface area contributed by atoms with E-state index in [1.165, 1.54) is 50.8 Å². The van der Waals surface area contributed by atoms with E-state index in [1.807, 2.05) is 24.3 Å². The molecular formula is C61H60N6O2. The Balaban J connectivity index is 1.34. The molecule has 0 spiro atoms. The third-order valence-electron chi connectivity index (χ3n) is 13.3. The first-order valence-corrected chi connectivity index (χ1v) is 23.8. The van der Waals surface area contributed by atoms with E-state index in [1.54, 1.807) is 0 Å². The van der Waals surface area contributed by atoms with Crippen molar-refractivity contribution in [3.63, 3.8) is 0 Å². The van der Waals surface area contributed by atoms with Crippen molar-refractivity contribution in [3.8, 4) is 56.6 Å². The highest BCUT2D eigenvalue weighted by atomic mass is 16.5. The third-order valence-corrected chi connectivity index (χ3v) is 13.3. The van der Waals surface area contributed by atoms with Gasteiger partial charge in [-0.25, -0.2) is 15.0 Å². The summed E-state index contributed by atoms with van der Waals surface area (Å²) in [4.78, 5) is 27.0. The van der Waals surface area contributed by atoms with Gasteiger partial charge < -0.3 is 24.4 Å². The molecule has 0 fully saturated rings. The normalized spacial score (nSPS) is 12.3. The van der Waals surface area contributed by atoms with E-state index in [2.05, 4.69) is 195 Å². The number of ether oxygens (including phenoxy) is 2. The molecule has 0 saturated carbocycles. The minimum Gasteiger partial charge on any atom is -0.438 e. The molecule has 8 nitrogen and oxygen atoms in total. The Bertz CT molecular complexity index is 3500. The van der Waals surface area contributed by atoms with Gasteiger partial charge in [0.15, 0.2) is 0 Å². The molecule has 0 amide bonds. The van der Waals surface area contributed by atoms with E-state index in [0.29, 0.717) is 34.5 Å². The molecule has 0 saturated heterocycles. The summed E-state index contributed by atoms with van der Waals surface area (Å²) in [6.07, 6.45) is 5.71. The molecule has 69 heavy (non-hydrogen) atoms. The zero-order valence-electron chi connectivity index (χ0n) is 41.8. The standard InChI is InChI=1S/C61H60N6O2/c1-34-29-36(3)52(37(4)30-34)54-46-23-21-44(64-46)45-22-24-47(65-45)55(53-38(5)31-35(2)32-39(53)6)49-26-28-51(67-49)56(50-27-25-48(54)66-50)57-58(68-42-17-13-40(14-18-42)60(7,8)9)62-33-63-59(57)69-43-19-15-41(16-20-43)61(10,11)12/h13-33,64-66H,1-12H3. The van der Waals surface area contributed by atoms with Crippen molar-refractivity contribution >= 4 is 45.3 Å². The summed E-state index contributed by atoms with van der Waals surface area (Å²) in [7, 11) is 0. The van der Waals surface area contributed by atoms with Gasteiger partial charge in [-0.2, -0.15) is 0 Å². The lowest BCUT2D eigenvalue weighted by Gasteiger charge is -2.20. The molecule has 3 N–H and O–H groups in total. The van der Waals surface area contributed by atoms with Crippen LogP contribution < -0.4 is 9.47 Å². The van der Waals surface area contributed by atoms with Crippen LogP contribution in [-0.2, 0) is 10.8 Å². The largest absolute Gasteiger partial charge is 0.438 e. The number of aryl methyl sites for hydroxylation is 6. The van der Waals surface area contributed by atoms with Crippen molar-refractivity contribution in [3.05, 3.63) is 171 Å². The smallest absolute Gasteiger partial charge is 0.234 e. The van der Waals surface area contributed by atoms with E-state index in [9.17, 15) is 0 Å². The van der Waals surface area contributed by atoms with Crippen LogP contribution >= 0.6 is 0 Å². The minimum atomic E-state index is -0.0322. The Morgan fingerprint density at radius 2 is 0.710 bits per heavy atom. The lowest BCUT2D eigenvalue weighted by Crippen LogP contribution is -2.10. The maximum atomic E-state index is 6.89. The zero-order valence-corrected chi connectivity index (χ0v) is 41.8. The molecule has 4 aromatic carbocycles. The van der Waals surface area contributed by atoms with Gasteiger partial charge in [0.2, 0.25) is 11.8 Å². The molecule has 10 rings (SSSR count). The molecule has 346 valence electrons. The number of benzene rings is 4. The fraction of sp³-hybridized carbons (Fsp3) is 0.230. The summed E-state index contributed by atoms with van der Waals surface area (Å²) in [5.74, 6) is 1.93. The van der Waals surface area contributed by atoms with E-state index < -0.39 is 0 Å². The molecule has 0 atom stereocenters. The van der Waals surface area contributed by atoms with Crippen LogP contribution in [0.1, 0.15) is 97.4 Å². The number of fused-ring (bicyclic) bond motifs is 9. The average Bonchev–Trinajstić information content (AvgIpc) is 4.13. The SMILES string of the molecule is Cc1cc(C)c(-c2c3nc(c(-c4c(Oc5ccc(C(C)(C)C)cc5)ncnc4Oc4ccc(C(C)(C)C)cc4)c4ccc([nH]4)c(-c4c(C)cc(C)cc4C)c4ccc([nH]4)c4ccc2[nH]4)C=C3)c(C)c1. The van der Waals surface area contributed by atoms with Gasteiger partial charge in [-0.3, -0.25) is 0 Å². The van der Waals surface area contributed by atoms with E-state index in [4.69, 9.17) is 24.4 Å². The Morgan fingerprint density at radius 1 is 0.377 bits per heavy atom. The molecule has 6 heterocycles. The third kappa shape index (κ3) is 8.61. The topological polar surface area (TPSA) is 104 Å². The minimum absolute atomic E-state index is 0.0322. The highest BCUT2D eigenvalue weighted by molar-refractivity contribution is 6.02. The van der Waals surface area contributed by atoms with Crippen molar-refractivity contribution in [2.75, 3.05) is 0 Å². The first-order chi connectivity index (χ1) is 32.9. The van der Waals surface area contributed by atoms with Crippen molar-refractivity contribution in [1.29, 1.82) is 0 Å². The fourth-order valence-electron chi connectivity index (χ4n) is 10.1. The Hall–Kier alpha value is -7.71. The molecule has 0 unspecified atom stereocenters. The van der Waals surface area contributed by atoms with Crippen molar-refractivity contribution in [2.45, 2.75) is 93.9 Å². The van der Waals surface area contributed by atoms with Crippen LogP contribution in [-0.4, -0.2) is 29.9 Å². The fourth-order valence-corrected chi connectivity index (χ4v) is 10.1. The number of nitrogens with zero attached hydrogens (tertiary/aromatic N) is 3. The Kier molecular flexibility index (Phi) is 11.2. The summed E-state index contributed by atoms with van der Waals surface area (Å²) >= 11 is 0. The van der Waals surface area contributed by atoms with Crippen molar-refractivity contribution in [1.82, 2.24) is 29.9 Å². The second-order valence-corrected chi connectivity index (χ2v) is 20.9. The first-order valence-electron chi connectivity index (χ1n) is 23.8. The van der Waals surface area contributed by atoms with E-state index in [-0.39, 0.29) is 10.8 Å². The van der Waals surface area contributed by atoms with Crippen molar-refractivity contribution < 1.29 is 9.47 Å². The van der Waals surface area contributed by atoms with Gasteiger partial charge >= 0.3 is 0 Å². The van der Waals surface area contributed by atoms with Crippen LogP contribution in [0, 0.1) is 41.5 Å². The van der Waals surface area contributed by atoms with E-state index >= 15 is 0 Å². The maximum absolute atomic E-state index is 6.89. The highest BCUT2D eigenvalue weighted by Crippen LogP contribution is 2.46. The van der Waals surface area contributed by atoms with Gasteiger partial charge in [-0.05, 0) is 170 Å². The second kappa shape index (κ2) is 17.1. The van der Waals surface area contributed by atoms with Gasteiger partial charge in [0.25, 0.3) is 0 Å². The predicted octanol–water partition coefficient (Wildman–Crippen LogP) is 16.5. The number of rotatable bonds is 7. The molecule has 0 aliphatic carbocycles. The number of H-pyrrole nitrogens is 3. The van der Waals surface area contributed by atoms with Crippen LogP contribution in [0.5, 0.6) is 23.3 Å². The van der Waals surface area contributed by atoms with Crippen LogP contribution in [0.15, 0.2) is 116 Å². The quantitative estimate of drug-likeness (QED) is 0.148. The Morgan fingerprint density at radius 3 is 1.10 bits per heavy atom. The van der Waals surface area contributed by atoms with Crippen molar-refractivity contribution in [2.24, 2.45) is 0 Å². The number of aromatic amines is 3. The van der Waals surface area contributed by atoms with Crippen LogP contribution in [0.4, 0.5) is 0 Å². The maximum Gasteiger partial charge on any atom is 0.234 e. The summed E-state index contributed by atoms with van der Waals surface area (Å²) in [6.45, 7) is 26.3. The highest BCUT2D eigenvalue weighted by Gasteiger charge is 2.26. The molecule has 0 radical (unpaired) electrons.